The van der Waals surface area contributed by atoms with Crippen molar-refractivity contribution in [2.75, 3.05) is 29.6 Å². The van der Waals surface area contributed by atoms with Crippen LogP contribution in [0.4, 0.5) is 10.9 Å². The van der Waals surface area contributed by atoms with E-state index in [1.165, 1.54) is 0 Å². The second kappa shape index (κ2) is 6.81. The number of hydrogen-bond donors (Lipinski definition) is 1. The van der Waals surface area contributed by atoms with Crippen LogP contribution in [-0.4, -0.2) is 45.3 Å². The lowest BCUT2D eigenvalue weighted by Gasteiger charge is -2.33. The van der Waals surface area contributed by atoms with Crippen LogP contribution in [0.15, 0.2) is 16.0 Å². The number of fused-ring (bicyclic) bond motifs is 1. The Balaban J connectivity index is 1.46. The molecule has 0 amide bonds. The number of hydrogen-bond acceptors (Lipinski definition) is 9. The Kier molecular flexibility index (Phi) is 4.55. The second-order valence-electron chi connectivity index (χ2n) is 5.73. The van der Waals surface area contributed by atoms with Gasteiger partial charge in [0, 0.05) is 24.5 Å². The summed E-state index contributed by atoms with van der Waals surface area (Å²) in [5, 5.41) is 6.67. The van der Waals surface area contributed by atoms with Gasteiger partial charge in [-0.25, -0.2) is 19.9 Å². The number of nitrogens with zero attached hydrogens (tertiary/aromatic N) is 5. The van der Waals surface area contributed by atoms with Gasteiger partial charge in [0.05, 0.1) is 5.69 Å². The summed E-state index contributed by atoms with van der Waals surface area (Å²) in [6.07, 6.45) is 5.84. The minimum absolute atomic E-state index is 0.479. The second-order valence-corrected chi connectivity index (χ2v) is 8.64. The summed E-state index contributed by atoms with van der Waals surface area (Å²) < 4.78 is 2.14. The summed E-state index contributed by atoms with van der Waals surface area (Å²) in [5.41, 5.74) is 1.89. The van der Waals surface area contributed by atoms with Crippen molar-refractivity contribution >= 4 is 55.7 Å². The SMILES string of the molecule is CSc1nc2ncnc(N3CCC(Nc4nc(C)cs4)CC3)c2s1. The topological polar surface area (TPSA) is 66.8 Å². The van der Waals surface area contributed by atoms with Crippen LogP contribution in [0.3, 0.4) is 0 Å². The number of rotatable bonds is 4. The van der Waals surface area contributed by atoms with E-state index in [-0.39, 0.29) is 0 Å². The van der Waals surface area contributed by atoms with Crippen molar-refractivity contribution in [1.29, 1.82) is 0 Å². The monoisotopic (exact) mass is 378 g/mol. The highest BCUT2D eigenvalue weighted by Crippen LogP contribution is 2.34. The highest BCUT2D eigenvalue weighted by molar-refractivity contribution is 8.00. The first-order valence-corrected chi connectivity index (χ1v) is 10.7. The minimum Gasteiger partial charge on any atom is -0.359 e. The van der Waals surface area contributed by atoms with Crippen molar-refractivity contribution in [3.63, 3.8) is 0 Å². The van der Waals surface area contributed by atoms with Crippen molar-refractivity contribution in [3.05, 3.63) is 17.4 Å². The summed E-state index contributed by atoms with van der Waals surface area (Å²) in [6, 6.07) is 0.479. The van der Waals surface area contributed by atoms with Gasteiger partial charge in [0.15, 0.2) is 20.9 Å². The summed E-state index contributed by atoms with van der Waals surface area (Å²) in [5.74, 6) is 1.03. The summed E-state index contributed by atoms with van der Waals surface area (Å²) in [6.45, 7) is 4.00. The van der Waals surface area contributed by atoms with E-state index in [2.05, 4.69) is 35.5 Å². The molecule has 0 bridgehead atoms. The van der Waals surface area contributed by atoms with Crippen LogP contribution >= 0.6 is 34.4 Å². The molecule has 9 heteroatoms. The Labute approximate surface area is 152 Å². The molecular formula is C15H18N6S3. The molecule has 1 saturated heterocycles. The molecule has 3 aromatic heterocycles. The molecule has 1 aliphatic heterocycles. The van der Waals surface area contributed by atoms with Gasteiger partial charge in [0.25, 0.3) is 0 Å². The third-order valence-corrected chi connectivity index (χ3v) is 6.99. The first-order valence-electron chi connectivity index (χ1n) is 7.82. The fraction of sp³-hybridized carbons (Fsp3) is 0.467. The van der Waals surface area contributed by atoms with E-state index in [1.807, 2.05) is 13.2 Å². The molecule has 126 valence electrons. The minimum atomic E-state index is 0.479. The smallest absolute Gasteiger partial charge is 0.183 e. The molecule has 4 heterocycles. The Morgan fingerprint density at radius 2 is 2.08 bits per heavy atom. The Bertz CT molecular complexity index is 837. The van der Waals surface area contributed by atoms with Crippen LogP contribution in [0.5, 0.6) is 0 Å². The number of nitrogens with one attached hydrogen (secondary N) is 1. The van der Waals surface area contributed by atoms with Crippen molar-refractivity contribution in [2.24, 2.45) is 0 Å². The van der Waals surface area contributed by atoms with Gasteiger partial charge in [-0.3, -0.25) is 0 Å². The van der Waals surface area contributed by atoms with E-state index in [0.29, 0.717) is 6.04 Å². The molecule has 6 nitrogen and oxygen atoms in total. The number of anilines is 2. The van der Waals surface area contributed by atoms with E-state index in [1.54, 1.807) is 40.8 Å². The van der Waals surface area contributed by atoms with Gasteiger partial charge < -0.3 is 10.2 Å². The molecule has 24 heavy (non-hydrogen) atoms. The molecule has 0 atom stereocenters. The molecule has 0 spiro atoms. The first kappa shape index (κ1) is 16.0. The predicted octanol–water partition coefficient (Wildman–Crippen LogP) is 3.65. The van der Waals surface area contributed by atoms with Crippen molar-refractivity contribution < 1.29 is 0 Å². The molecule has 1 aliphatic rings. The predicted molar refractivity (Wildman–Crippen MR) is 103 cm³/mol. The lowest BCUT2D eigenvalue weighted by Crippen LogP contribution is -2.39. The fourth-order valence-electron chi connectivity index (χ4n) is 2.87. The Morgan fingerprint density at radius 1 is 1.25 bits per heavy atom. The van der Waals surface area contributed by atoms with Gasteiger partial charge in [-0.15, -0.1) is 22.7 Å². The zero-order chi connectivity index (χ0) is 16.5. The maximum atomic E-state index is 4.54. The maximum absolute atomic E-state index is 4.54. The molecule has 1 fully saturated rings. The zero-order valence-corrected chi connectivity index (χ0v) is 16.0. The fourth-order valence-corrected chi connectivity index (χ4v) is 5.16. The number of thiazole rings is 2. The largest absolute Gasteiger partial charge is 0.359 e. The Hall–Kier alpha value is -1.45. The molecule has 0 unspecified atom stereocenters. The number of aryl methyl sites for hydroxylation is 1. The first-order chi connectivity index (χ1) is 11.7. The van der Waals surface area contributed by atoms with Crippen molar-refractivity contribution in [1.82, 2.24) is 19.9 Å². The van der Waals surface area contributed by atoms with Crippen molar-refractivity contribution in [3.8, 4) is 0 Å². The van der Waals surface area contributed by atoms with E-state index in [4.69, 9.17) is 0 Å². The molecule has 0 radical (unpaired) electrons. The van der Waals surface area contributed by atoms with Gasteiger partial charge >= 0.3 is 0 Å². The molecular weight excluding hydrogens is 360 g/mol. The number of thioether (sulfide) groups is 1. The maximum Gasteiger partial charge on any atom is 0.183 e. The average molecular weight is 379 g/mol. The van der Waals surface area contributed by atoms with Crippen LogP contribution < -0.4 is 10.2 Å². The van der Waals surface area contributed by atoms with Gasteiger partial charge in [-0.05, 0) is 26.0 Å². The highest BCUT2D eigenvalue weighted by atomic mass is 32.2. The molecule has 4 rings (SSSR count). The van der Waals surface area contributed by atoms with Crippen LogP contribution in [0.25, 0.3) is 10.3 Å². The van der Waals surface area contributed by atoms with E-state index in [0.717, 1.165) is 57.3 Å². The van der Waals surface area contributed by atoms with Crippen LogP contribution in [-0.2, 0) is 0 Å². The molecule has 0 aliphatic carbocycles. The molecule has 3 aromatic rings. The summed E-state index contributed by atoms with van der Waals surface area (Å²) in [7, 11) is 0. The lowest BCUT2D eigenvalue weighted by atomic mass is 10.1. The van der Waals surface area contributed by atoms with Crippen LogP contribution in [0, 0.1) is 6.92 Å². The quantitative estimate of drug-likeness (QED) is 0.695. The Morgan fingerprint density at radius 3 is 2.79 bits per heavy atom. The van der Waals surface area contributed by atoms with E-state index >= 15 is 0 Å². The molecule has 0 aromatic carbocycles. The van der Waals surface area contributed by atoms with E-state index < -0.39 is 0 Å². The van der Waals surface area contributed by atoms with Gasteiger partial charge in [-0.1, -0.05) is 11.8 Å². The average Bonchev–Trinajstić information content (AvgIpc) is 3.21. The van der Waals surface area contributed by atoms with Crippen LogP contribution in [0.2, 0.25) is 0 Å². The van der Waals surface area contributed by atoms with Gasteiger partial charge in [0.2, 0.25) is 0 Å². The third-order valence-electron chi connectivity index (χ3n) is 4.07. The summed E-state index contributed by atoms with van der Waals surface area (Å²) >= 11 is 5.03. The summed E-state index contributed by atoms with van der Waals surface area (Å²) in [4.78, 5) is 20.2. The lowest BCUT2D eigenvalue weighted by molar-refractivity contribution is 0.524. The highest BCUT2D eigenvalue weighted by Gasteiger charge is 2.23. The number of piperidine rings is 1. The van der Waals surface area contributed by atoms with Gasteiger partial charge in [0.1, 0.15) is 11.0 Å². The third kappa shape index (κ3) is 3.20. The standard InChI is InChI=1S/C15H18N6S3/c1-9-7-23-14(18-9)19-10-3-5-21(6-4-10)13-11-12(16-8-17-13)20-15(22-2)24-11/h7-8,10H,3-6H2,1-2H3,(H,18,19). The number of aromatic nitrogens is 4. The van der Waals surface area contributed by atoms with Gasteiger partial charge in [-0.2, -0.15) is 0 Å². The van der Waals surface area contributed by atoms with E-state index in [9.17, 15) is 0 Å². The van der Waals surface area contributed by atoms with Crippen LogP contribution in [0.1, 0.15) is 18.5 Å². The normalized spacial score (nSPS) is 16.0. The zero-order valence-electron chi connectivity index (χ0n) is 13.5. The molecule has 0 saturated carbocycles. The molecule has 1 N–H and O–H groups in total. The van der Waals surface area contributed by atoms with Crippen molar-refractivity contribution in [2.45, 2.75) is 30.1 Å².